The monoisotopic (exact) mass is 441 g/mol. The van der Waals surface area contributed by atoms with Gasteiger partial charge in [0.2, 0.25) is 15.9 Å². The Labute approximate surface area is 180 Å². The SMILES string of the molecule is CCc1ccccc1NC(=O)CNC(=O)c1ccc(S(=O)(=O)NCc2ccco2)cc1. The maximum atomic E-state index is 12.3. The fourth-order valence-electron chi connectivity index (χ4n) is 2.86. The van der Waals surface area contributed by atoms with E-state index in [1.54, 1.807) is 18.2 Å². The highest BCUT2D eigenvalue weighted by Gasteiger charge is 2.16. The molecular formula is C22H23N3O5S. The highest BCUT2D eigenvalue weighted by atomic mass is 32.2. The van der Waals surface area contributed by atoms with Crippen molar-refractivity contribution < 1.29 is 22.4 Å². The van der Waals surface area contributed by atoms with Crippen molar-refractivity contribution in [1.82, 2.24) is 10.0 Å². The van der Waals surface area contributed by atoms with Crippen molar-refractivity contribution in [2.45, 2.75) is 24.8 Å². The Morgan fingerprint density at radius 2 is 1.71 bits per heavy atom. The molecule has 1 heterocycles. The van der Waals surface area contributed by atoms with Gasteiger partial charge in [-0.3, -0.25) is 9.59 Å². The van der Waals surface area contributed by atoms with E-state index >= 15 is 0 Å². The highest BCUT2D eigenvalue weighted by molar-refractivity contribution is 7.89. The van der Waals surface area contributed by atoms with E-state index in [1.807, 2.05) is 25.1 Å². The fourth-order valence-corrected chi connectivity index (χ4v) is 3.85. The van der Waals surface area contributed by atoms with Crippen LogP contribution in [0.2, 0.25) is 0 Å². The third-order valence-electron chi connectivity index (χ3n) is 4.53. The Bertz CT molecular complexity index is 1140. The molecule has 0 spiro atoms. The molecule has 0 fully saturated rings. The number of aryl methyl sites for hydroxylation is 1. The van der Waals surface area contributed by atoms with E-state index in [0.29, 0.717) is 11.4 Å². The van der Waals surface area contributed by atoms with Gasteiger partial charge >= 0.3 is 0 Å². The number of rotatable bonds is 9. The lowest BCUT2D eigenvalue weighted by Crippen LogP contribution is -2.33. The molecular weight excluding hydrogens is 418 g/mol. The van der Waals surface area contributed by atoms with E-state index in [-0.39, 0.29) is 29.5 Å². The second-order valence-corrected chi connectivity index (χ2v) is 8.44. The van der Waals surface area contributed by atoms with Gasteiger partial charge in [-0.25, -0.2) is 13.1 Å². The molecule has 2 amide bonds. The summed E-state index contributed by atoms with van der Waals surface area (Å²) in [4.78, 5) is 24.5. The number of hydrogen-bond donors (Lipinski definition) is 3. The first-order valence-corrected chi connectivity index (χ1v) is 11.2. The lowest BCUT2D eigenvalue weighted by molar-refractivity contribution is -0.115. The molecule has 0 saturated carbocycles. The molecule has 9 heteroatoms. The number of sulfonamides is 1. The number of para-hydroxylation sites is 1. The molecule has 0 aliphatic carbocycles. The Balaban J connectivity index is 1.54. The molecule has 0 unspecified atom stereocenters. The van der Waals surface area contributed by atoms with Crippen molar-refractivity contribution in [2.75, 3.05) is 11.9 Å². The minimum Gasteiger partial charge on any atom is -0.468 e. The maximum Gasteiger partial charge on any atom is 0.251 e. The topological polar surface area (TPSA) is 118 Å². The van der Waals surface area contributed by atoms with Gasteiger partial charge in [0.15, 0.2) is 0 Å². The van der Waals surface area contributed by atoms with Crippen molar-refractivity contribution in [3.05, 3.63) is 83.8 Å². The third-order valence-corrected chi connectivity index (χ3v) is 5.94. The van der Waals surface area contributed by atoms with E-state index in [2.05, 4.69) is 15.4 Å². The number of hydrogen-bond acceptors (Lipinski definition) is 5. The van der Waals surface area contributed by atoms with E-state index in [0.717, 1.165) is 12.0 Å². The van der Waals surface area contributed by atoms with Crippen molar-refractivity contribution in [2.24, 2.45) is 0 Å². The first-order chi connectivity index (χ1) is 14.9. The number of carbonyl (C=O) groups excluding carboxylic acids is 2. The van der Waals surface area contributed by atoms with Crippen LogP contribution in [0.5, 0.6) is 0 Å². The lowest BCUT2D eigenvalue weighted by atomic mass is 10.1. The summed E-state index contributed by atoms with van der Waals surface area (Å²) in [6.07, 6.45) is 2.23. The smallest absolute Gasteiger partial charge is 0.251 e. The minimum absolute atomic E-state index is 0.0181. The molecule has 3 aromatic rings. The summed E-state index contributed by atoms with van der Waals surface area (Å²) in [5.41, 5.74) is 1.95. The van der Waals surface area contributed by atoms with Gasteiger partial charge in [0.05, 0.1) is 24.2 Å². The van der Waals surface area contributed by atoms with Crippen LogP contribution in [0.1, 0.15) is 28.6 Å². The number of benzene rings is 2. The average molecular weight is 442 g/mol. The number of nitrogens with one attached hydrogen (secondary N) is 3. The summed E-state index contributed by atoms with van der Waals surface area (Å²) < 4.78 is 32.2. The Hall–Kier alpha value is -3.43. The fraction of sp³-hybridized carbons (Fsp3) is 0.182. The Morgan fingerprint density at radius 1 is 0.968 bits per heavy atom. The zero-order valence-corrected chi connectivity index (χ0v) is 17.7. The standard InChI is InChI=1S/C22H23N3O5S/c1-2-16-6-3-4-8-20(16)25-21(26)15-23-22(27)17-9-11-19(12-10-17)31(28,29)24-14-18-7-5-13-30-18/h3-13,24H,2,14-15H2,1H3,(H,23,27)(H,25,26). The van der Waals surface area contributed by atoms with Crippen LogP contribution in [0.4, 0.5) is 5.69 Å². The van der Waals surface area contributed by atoms with Crippen molar-refractivity contribution in [3.8, 4) is 0 Å². The van der Waals surface area contributed by atoms with Crippen LogP contribution in [0.3, 0.4) is 0 Å². The molecule has 0 aliphatic heterocycles. The molecule has 0 radical (unpaired) electrons. The quantitative estimate of drug-likeness (QED) is 0.472. The van der Waals surface area contributed by atoms with Crippen LogP contribution in [0.15, 0.2) is 76.2 Å². The Kier molecular flexibility index (Phi) is 7.22. The largest absolute Gasteiger partial charge is 0.468 e. The molecule has 162 valence electrons. The molecule has 0 atom stereocenters. The van der Waals surface area contributed by atoms with Gasteiger partial charge in [0.1, 0.15) is 5.76 Å². The molecule has 2 aromatic carbocycles. The number of carbonyl (C=O) groups is 2. The Morgan fingerprint density at radius 3 is 2.39 bits per heavy atom. The summed E-state index contributed by atoms with van der Waals surface area (Å²) in [6, 6.07) is 16.2. The van der Waals surface area contributed by atoms with Crippen LogP contribution >= 0.6 is 0 Å². The van der Waals surface area contributed by atoms with E-state index in [1.165, 1.54) is 30.5 Å². The molecule has 31 heavy (non-hydrogen) atoms. The second-order valence-electron chi connectivity index (χ2n) is 6.67. The predicted octanol–water partition coefficient (Wildman–Crippen LogP) is 2.69. The summed E-state index contributed by atoms with van der Waals surface area (Å²) in [5.74, 6) is -0.346. The molecule has 3 N–H and O–H groups in total. The summed E-state index contributed by atoms with van der Waals surface area (Å²) in [6.45, 7) is 1.80. The molecule has 8 nitrogen and oxygen atoms in total. The van der Waals surface area contributed by atoms with Gasteiger partial charge in [0, 0.05) is 11.3 Å². The molecule has 0 aliphatic rings. The normalized spacial score (nSPS) is 11.1. The minimum atomic E-state index is -3.75. The van der Waals surface area contributed by atoms with Gasteiger partial charge in [0.25, 0.3) is 5.91 Å². The van der Waals surface area contributed by atoms with Crippen LogP contribution in [-0.4, -0.2) is 26.8 Å². The predicted molar refractivity (Wildman–Crippen MR) is 116 cm³/mol. The number of anilines is 1. The highest BCUT2D eigenvalue weighted by Crippen LogP contribution is 2.15. The number of amides is 2. The van der Waals surface area contributed by atoms with E-state index in [9.17, 15) is 18.0 Å². The van der Waals surface area contributed by atoms with E-state index < -0.39 is 15.9 Å². The molecule has 0 bridgehead atoms. The lowest BCUT2D eigenvalue weighted by Gasteiger charge is -2.10. The molecule has 1 aromatic heterocycles. The van der Waals surface area contributed by atoms with Gasteiger partial charge in [-0.1, -0.05) is 25.1 Å². The van der Waals surface area contributed by atoms with Gasteiger partial charge in [-0.2, -0.15) is 0 Å². The summed E-state index contributed by atoms with van der Waals surface area (Å²) in [5, 5.41) is 5.30. The molecule has 3 rings (SSSR count). The summed E-state index contributed by atoms with van der Waals surface area (Å²) >= 11 is 0. The zero-order valence-electron chi connectivity index (χ0n) is 16.9. The van der Waals surface area contributed by atoms with Gasteiger partial charge in [-0.15, -0.1) is 0 Å². The van der Waals surface area contributed by atoms with Crippen LogP contribution in [0.25, 0.3) is 0 Å². The first-order valence-electron chi connectivity index (χ1n) is 9.67. The third kappa shape index (κ3) is 6.03. The van der Waals surface area contributed by atoms with Crippen molar-refractivity contribution in [1.29, 1.82) is 0 Å². The first kappa shape index (κ1) is 22.3. The van der Waals surface area contributed by atoms with Gasteiger partial charge in [-0.05, 0) is 54.4 Å². The van der Waals surface area contributed by atoms with Gasteiger partial charge < -0.3 is 15.1 Å². The van der Waals surface area contributed by atoms with Crippen molar-refractivity contribution in [3.63, 3.8) is 0 Å². The van der Waals surface area contributed by atoms with Crippen LogP contribution < -0.4 is 15.4 Å². The average Bonchev–Trinajstić information content (AvgIpc) is 3.30. The molecule has 0 saturated heterocycles. The van der Waals surface area contributed by atoms with Crippen LogP contribution in [0, 0.1) is 0 Å². The van der Waals surface area contributed by atoms with E-state index in [4.69, 9.17) is 4.42 Å². The number of furan rings is 1. The zero-order chi connectivity index (χ0) is 22.3. The van der Waals surface area contributed by atoms with Crippen molar-refractivity contribution >= 4 is 27.5 Å². The second kappa shape index (κ2) is 10.1. The summed E-state index contributed by atoms with van der Waals surface area (Å²) in [7, 11) is -3.75. The van der Waals surface area contributed by atoms with Crippen LogP contribution in [-0.2, 0) is 27.8 Å². The maximum absolute atomic E-state index is 12.3.